The number of methoxy groups -OCH3 is 1. The highest BCUT2D eigenvalue weighted by atomic mass is 16.5. The van der Waals surface area contributed by atoms with Crippen molar-refractivity contribution in [2.24, 2.45) is 4.99 Å². The predicted molar refractivity (Wildman–Crippen MR) is 82.2 cm³/mol. The van der Waals surface area contributed by atoms with Gasteiger partial charge in [-0.2, -0.15) is 4.98 Å². The smallest absolute Gasteiger partial charge is 0.226 e. The molecule has 2 aromatic rings. The van der Waals surface area contributed by atoms with Crippen molar-refractivity contribution in [3.63, 3.8) is 0 Å². The molecule has 1 aliphatic rings. The number of rotatable bonds is 3. The van der Waals surface area contributed by atoms with Gasteiger partial charge in [0.05, 0.1) is 13.7 Å². The molecule has 0 amide bonds. The quantitative estimate of drug-likeness (QED) is 0.718. The molecule has 6 nitrogen and oxygen atoms in total. The van der Waals surface area contributed by atoms with Crippen molar-refractivity contribution in [2.45, 2.75) is 13.0 Å². The van der Waals surface area contributed by atoms with Gasteiger partial charge in [-0.3, -0.25) is 4.99 Å². The first kappa shape index (κ1) is 13.2. The van der Waals surface area contributed by atoms with Crippen molar-refractivity contribution in [2.75, 3.05) is 18.6 Å². The van der Waals surface area contributed by atoms with Gasteiger partial charge in [0.1, 0.15) is 17.3 Å². The third-order valence-corrected chi connectivity index (χ3v) is 3.55. The number of nitrogen functional groups attached to an aromatic ring is 2. The van der Waals surface area contributed by atoms with Gasteiger partial charge >= 0.3 is 0 Å². The topological polar surface area (TPSA) is 95.8 Å². The SMILES string of the molecule is C=NCc1c(N)nc2c(c1N)Cc1cc(OC)ccc1O2. The molecule has 0 spiro atoms. The summed E-state index contributed by atoms with van der Waals surface area (Å²) >= 11 is 0. The van der Waals surface area contributed by atoms with Crippen molar-refractivity contribution < 1.29 is 9.47 Å². The third-order valence-electron chi connectivity index (χ3n) is 3.55. The van der Waals surface area contributed by atoms with E-state index >= 15 is 0 Å². The van der Waals surface area contributed by atoms with E-state index in [0.717, 1.165) is 22.6 Å². The van der Waals surface area contributed by atoms with Crippen LogP contribution in [0.2, 0.25) is 0 Å². The van der Waals surface area contributed by atoms with Crippen LogP contribution in [-0.2, 0) is 13.0 Å². The maximum absolute atomic E-state index is 6.20. The minimum Gasteiger partial charge on any atom is -0.497 e. The van der Waals surface area contributed by atoms with Crippen molar-refractivity contribution >= 4 is 18.2 Å². The number of ether oxygens (including phenoxy) is 2. The van der Waals surface area contributed by atoms with E-state index in [-0.39, 0.29) is 0 Å². The summed E-state index contributed by atoms with van der Waals surface area (Å²) in [5.41, 5.74) is 15.2. The molecule has 1 aromatic carbocycles. The number of anilines is 2. The summed E-state index contributed by atoms with van der Waals surface area (Å²) in [6.45, 7) is 3.81. The van der Waals surface area contributed by atoms with Crippen LogP contribution in [0.1, 0.15) is 16.7 Å². The summed E-state index contributed by atoms with van der Waals surface area (Å²) in [4.78, 5) is 8.13. The minimum absolute atomic E-state index is 0.329. The Morgan fingerprint density at radius 2 is 2.24 bits per heavy atom. The van der Waals surface area contributed by atoms with Gasteiger partial charge in [0, 0.05) is 28.8 Å². The number of benzene rings is 1. The number of nitrogens with two attached hydrogens (primary N) is 2. The Morgan fingerprint density at radius 1 is 1.43 bits per heavy atom. The highest BCUT2D eigenvalue weighted by molar-refractivity contribution is 5.68. The first-order valence-electron chi connectivity index (χ1n) is 6.48. The molecule has 0 fully saturated rings. The van der Waals surface area contributed by atoms with Crippen LogP contribution in [0.5, 0.6) is 17.4 Å². The lowest BCUT2D eigenvalue weighted by molar-refractivity contribution is 0.408. The van der Waals surface area contributed by atoms with E-state index in [9.17, 15) is 0 Å². The fourth-order valence-corrected chi connectivity index (χ4v) is 2.43. The van der Waals surface area contributed by atoms with Crippen LogP contribution in [0.4, 0.5) is 11.5 Å². The molecule has 108 valence electrons. The molecular formula is C15H16N4O2. The molecule has 4 N–H and O–H groups in total. The molecule has 3 rings (SSSR count). The monoisotopic (exact) mass is 284 g/mol. The lowest BCUT2D eigenvalue weighted by Gasteiger charge is -2.23. The number of aliphatic imine (C=N–C) groups is 1. The highest BCUT2D eigenvalue weighted by Crippen LogP contribution is 2.41. The Morgan fingerprint density at radius 3 is 2.95 bits per heavy atom. The highest BCUT2D eigenvalue weighted by Gasteiger charge is 2.24. The lowest BCUT2D eigenvalue weighted by Crippen LogP contribution is -2.12. The Hall–Kier alpha value is -2.76. The van der Waals surface area contributed by atoms with Gasteiger partial charge in [0.2, 0.25) is 5.88 Å². The van der Waals surface area contributed by atoms with Gasteiger partial charge in [0.15, 0.2) is 0 Å². The molecule has 0 radical (unpaired) electrons. The van der Waals surface area contributed by atoms with E-state index in [2.05, 4.69) is 16.7 Å². The molecule has 0 saturated carbocycles. The number of pyridine rings is 1. The zero-order valence-electron chi connectivity index (χ0n) is 11.7. The molecule has 0 bridgehead atoms. The minimum atomic E-state index is 0.329. The summed E-state index contributed by atoms with van der Waals surface area (Å²) in [6.07, 6.45) is 0.616. The molecule has 2 heterocycles. The van der Waals surface area contributed by atoms with E-state index in [0.29, 0.717) is 35.9 Å². The number of hydrogen-bond acceptors (Lipinski definition) is 6. The molecule has 6 heteroatoms. The Bertz CT molecular complexity index is 728. The summed E-state index contributed by atoms with van der Waals surface area (Å²) in [6, 6.07) is 5.62. The van der Waals surface area contributed by atoms with Gasteiger partial charge in [-0.1, -0.05) is 0 Å². The molecule has 0 saturated heterocycles. The Kier molecular flexibility index (Phi) is 3.13. The number of hydrogen-bond donors (Lipinski definition) is 2. The largest absolute Gasteiger partial charge is 0.497 e. The van der Waals surface area contributed by atoms with Gasteiger partial charge in [-0.25, -0.2) is 0 Å². The van der Waals surface area contributed by atoms with Crippen molar-refractivity contribution in [1.82, 2.24) is 4.98 Å². The maximum Gasteiger partial charge on any atom is 0.226 e. The van der Waals surface area contributed by atoms with E-state index in [1.807, 2.05) is 18.2 Å². The average molecular weight is 284 g/mol. The predicted octanol–water partition coefficient (Wildman–Crippen LogP) is 2.15. The van der Waals surface area contributed by atoms with Crippen LogP contribution < -0.4 is 20.9 Å². The number of aromatic nitrogens is 1. The first-order valence-corrected chi connectivity index (χ1v) is 6.48. The van der Waals surface area contributed by atoms with Crippen LogP contribution in [0.25, 0.3) is 0 Å². The Labute approximate surface area is 122 Å². The molecular weight excluding hydrogens is 268 g/mol. The van der Waals surface area contributed by atoms with Crippen LogP contribution in [0, 0.1) is 0 Å². The summed E-state index contributed by atoms with van der Waals surface area (Å²) in [5, 5.41) is 0. The fraction of sp³-hybridized carbons (Fsp3) is 0.200. The molecule has 0 atom stereocenters. The second kappa shape index (κ2) is 4.97. The van der Waals surface area contributed by atoms with Gasteiger partial charge in [0.25, 0.3) is 0 Å². The second-order valence-corrected chi connectivity index (χ2v) is 4.81. The van der Waals surface area contributed by atoms with E-state index in [1.165, 1.54) is 0 Å². The van der Waals surface area contributed by atoms with Crippen LogP contribution in [0.15, 0.2) is 23.2 Å². The first-order chi connectivity index (χ1) is 10.1. The van der Waals surface area contributed by atoms with Gasteiger partial charge in [-0.05, 0) is 24.9 Å². The van der Waals surface area contributed by atoms with Gasteiger partial charge < -0.3 is 20.9 Å². The van der Waals surface area contributed by atoms with Crippen molar-refractivity contribution in [3.05, 3.63) is 34.9 Å². The lowest BCUT2D eigenvalue weighted by atomic mass is 9.98. The summed E-state index contributed by atoms with van der Waals surface area (Å²) in [5.74, 6) is 2.30. The second-order valence-electron chi connectivity index (χ2n) is 4.81. The average Bonchev–Trinajstić information content (AvgIpc) is 2.49. The van der Waals surface area contributed by atoms with Crippen LogP contribution in [0.3, 0.4) is 0 Å². The summed E-state index contributed by atoms with van der Waals surface area (Å²) in [7, 11) is 1.63. The van der Waals surface area contributed by atoms with Gasteiger partial charge in [-0.15, -0.1) is 0 Å². The number of fused-ring (bicyclic) bond motifs is 2. The normalized spacial score (nSPS) is 12.0. The standard InChI is InChI=1S/C15H16N4O2/c1-18-7-11-13(16)10-6-8-5-9(20-2)3-4-12(8)21-15(10)19-14(11)17/h3-5H,1,6-7H2,2H3,(H4,16,17,19). The molecule has 1 aromatic heterocycles. The van der Waals surface area contributed by atoms with Crippen molar-refractivity contribution in [3.8, 4) is 17.4 Å². The summed E-state index contributed by atoms with van der Waals surface area (Å²) < 4.78 is 11.0. The number of nitrogens with zero attached hydrogens (tertiary/aromatic N) is 2. The van der Waals surface area contributed by atoms with Crippen LogP contribution >= 0.6 is 0 Å². The van der Waals surface area contributed by atoms with Crippen molar-refractivity contribution in [1.29, 1.82) is 0 Å². The van der Waals surface area contributed by atoms with E-state index in [4.69, 9.17) is 20.9 Å². The zero-order valence-corrected chi connectivity index (χ0v) is 11.7. The molecule has 21 heavy (non-hydrogen) atoms. The van der Waals surface area contributed by atoms with Crippen LogP contribution in [-0.4, -0.2) is 18.8 Å². The molecule has 1 aliphatic heterocycles. The fourth-order valence-electron chi connectivity index (χ4n) is 2.43. The van der Waals surface area contributed by atoms with E-state index in [1.54, 1.807) is 7.11 Å². The Balaban J connectivity index is 2.09. The maximum atomic E-state index is 6.20. The zero-order chi connectivity index (χ0) is 15.0. The van der Waals surface area contributed by atoms with E-state index < -0.39 is 0 Å². The third kappa shape index (κ3) is 2.14. The molecule has 0 aliphatic carbocycles. The molecule has 0 unspecified atom stereocenters.